The van der Waals surface area contributed by atoms with Crippen LogP contribution in [-0.4, -0.2) is 141 Å². The van der Waals surface area contributed by atoms with Gasteiger partial charge in [-0.2, -0.15) is 10.5 Å². The first-order chi connectivity index (χ1) is 24.2. The molecule has 3 heterocycles. The molecule has 2 aromatic carbocycles. The van der Waals surface area contributed by atoms with Gasteiger partial charge in [0.1, 0.15) is 35.0 Å². The average molecular weight is 677 g/mol. The van der Waals surface area contributed by atoms with Crippen molar-refractivity contribution < 1.29 is 9.84 Å². The zero-order valence-corrected chi connectivity index (χ0v) is 30.2. The maximum Gasteiger partial charge on any atom is 0.137 e. The third kappa shape index (κ3) is 10.4. The number of para-hydroxylation sites is 1. The van der Waals surface area contributed by atoms with Crippen LogP contribution in [-0.2, 0) is 13.1 Å². The number of nitriles is 2. The number of phenols is 1. The molecule has 2 fully saturated rings. The Kier molecular flexibility index (Phi) is 13.4. The highest BCUT2D eigenvalue weighted by Gasteiger charge is 2.20. The van der Waals surface area contributed by atoms with Gasteiger partial charge in [-0.25, -0.2) is 0 Å². The minimum atomic E-state index is 0.0502. The minimum Gasteiger partial charge on any atom is -0.507 e. The van der Waals surface area contributed by atoms with Crippen LogP contribution < -0.4 is 4.74 Å². The summed E-state index contributed by atoms with van der Waals surface area (Å²) in [6.07, 6.45) is 9.52. The van der Waals surface area contributed by atoms with Gasteiger partial charge in [0.25, 0.3) is 0 Å². The first kappa shape index (κ1) is 37.0. The standard InChI is InChI=1S/C40H52N8O2/c1-43-13-14-44(2)18-22-47(21-17-43)30-33-25-32(26-34(40(33)49)31-48-23-19-45(3)15-16-46(4)20-24-48)9-5-6-10-36-27-38(35(28-41)29-42)37-11-7-8-12-39(37)50-36/h5-12,25-27,49H,13-24,30-31H2,1-4H3/b9-5+,10-6+. The monoisotopic (exact) mass is 676 g/mol. The highest BCUT2D eigenvalue weighted by atomic mass is 16.5. The summed E-state index contributed by atoms with van der Waals surface area (Å²) in [5.74, 6) is 1.55. The molecular formula is C40H52N8O2. The van der Waals surface area contributed by atoms with Crippen LogP contribution in [0.15, 0.2) is 72.0 Å². The third-order valence-electron chi connectivity index (χ3n) is 9.84. The van der Waals surface area contributed by atoms with Gasteiger partial charge in [0.05, 0.1) is 0 Å². The van der Waals surface area contributed by atoms with Crippen molar-refractivity contribution in [3.05, 3.63) is 94.3 Å². The summed E-state index contributed by atoms with van der Waals surface area (Å²) in [5.41, 5.74) is 4.25. The fraction of sp³-hybridized carbons (Fsp3) is 0.450. The normalized spacial score (nSPS) is 20.0. The van der Waals surface area contributed by atoms with Gasteiger partial charge in [-0.15, -0.1) is 0 Å². The topological polar surface area (TPSA) is 96.5 Å². The van der Waals surface area contributed by atoms with Crippen LogP contribution in [0.25, 0.3) is 11.6 Å². The van der Waals surface area contributed by atoms with Crippen molar-refractivity contribution in [2.24, 2.45) is 0 Å². The minimum absolute atomic E-state index is 0.0502. The lowest BCUT2D eigenvalue weighted by Gasteiger charge is -2.27. The number of hydrogen-bond acceptors (Lipinski definition) is 10. The Bertz CT molecular complexity index is 1580. The van der Waals surface area contributed by atoms with Crippen molar-refractivity contribution in [3.63, 3.8) is 0 Å². The second-order valence-electron chi connectivity index (χ2n) is 13.8. The Morgan fingerprint density at radius 1 is 0.700 bits per heavy atom. The summed E-state index contributed by atoms with van der Waals surface area (Å²) in [6, 6.07) is 15.7. The summed E-state index contributed by atoms with van der Waals surface area (Å²) in [6.45, 7) is 13.3. The molecule has 2 saturated heterocycles. The van der Waals surface area contributed by atoms with E-state index < -0.39 is 0 Å². The number of phenolic OH excluding ortho intramolecular Hbond substituents is 1. The van der Waals surface area contributed by atoms with E-state index in [1.165, 1.54) is 0 Å². The molecule has 0 atom stereocenters. The van der Waals surface area contributed by atoms with E-state index in [4.69, 9.17) is 4.74 Å². The molecule has 3 aliphatic heterocycles. The highest BCUT2D eigenvalue weighted by Crippen LogP contribution is 2.35. The number of aromatic hydroxyl groups is 1. The van der Waals surface area contributed by atoms with E-state index in [1.54, 1.807) is 6.08 Å². The van der Waals surface area contributed by atoms with Gasteiger partial charge < -0.3 is 29.4 Å². The van der Waals surface area contributed by atoms with Crippen molar-refractivity contribution in [1.29, 1.82) is 10.5 Å². The average Bonchev–Trinajstić information content (AvgIpc) is 3.24. The summed E-state index contributed by atoms with van der Waals surface area (Å²) in [5, 5.41) is 30.9. The van der Waals surface area contributed by atoms with Crippen molar-refractivity contribution >= 4 is 11.6 Å². The molecule has 50 heavy (non-hydrogen) atoms. The first-order valence-electron chi connectivity index (χ1n) is 17.6. The van der Waals surface area contributed by atoms with Gasteiger partial charge in [0.15, 0.2) is 0 Å². The number of fused-ring (bicyclic) bond motifs is 1. The van der Waals surface area contributed by atoms with Crippen molar-refractivity contribution in [2.75, 3.05) is 107 Å². The number of nitrogens with zero attached hydrogens (tertiary/aromatic N) is 8. The summed E-state index contributed by atoms with van der Waals surface area (Å²) >= 11 is 0. The van der Waals surface area contributed by atoms with Crippen LogP contribution >= 0.6 is 0 Å². The maximum atomic E-state index is 11.8. The number of rotatable bonds is 7. The molecule has 0 spiro atoms. The Morgan fingerprint density at radius 3 is 1.66 bits per heavy atom. The lowest BCUT2D eigenvalue weighted by Crippen LogP contribution is -2.35. The predicted octanol–water partition coefficient (Wildman–Crippen LogP) is 4.10. The zero-order valence-electron chi connectivity index (χ0n) is 30.2. The fourth-order valence-electron chi connectivity index (χ4n) is 6.43. The highest BCUT2D eigenvalue weighted by molar-refractivity contribution is 5.86. The molecule has 2 aromatic rings. The lowest BCUT2D eigenvalue weighted by molar-refractivity contribution is 0.220. The number of ether oxygens (including phenoxy) is 1. The van der Waals surface area contributed by atoms with E-state index in [2.05, 4.69) is 75.8 Å². The van der Waals surface area contributed by atoms with E-state index in [0.717, 1.165) is 101 Å². The molecule has 0 bridgehead atoms. The molecule has 3 aliphatic rings. The molecule has 1 N–H and O–H groups in total. The number of allylic oxidation sites excluding steroid dienone is 6. The maximum absolute atomic E-state index is 11.8. The number of benzene rings is 2. The number of likely N-dealkylation sites (N-methyl/N-ethyl adjacent to an activating group) is 4. The number of hydrogen-bond donors (Lipinski definition) is 1. The molecular weight excluding hydrogens is 624 g/mol. The van der Waals surface area contributed by atoms with E-state index in [0.29, 0.717) is 35.9 Å². The lowest BCUT2D eigenvalue weighted by atomic mass is 9.97. The van der Waals surface area contributed by atoms with E-state index in [-0.39, 0.29) is 5.57 Å². The molecule has 0 amide bonds. The van der Waals surface area contributed by atoms with E-state index in [9.17, 15) is 15.6 Å². The molecule has 5 rings (SSSR count). The molecule has 0 aliphatic carbocycles. The summed E-state index contributed by atoms with van der Waals surface area (Å²) in [4.78, 5) is 14.5. The molecule has 0 saturated carbocycles. The summed E-state index contributed by atoms with van der Waals surface area (Å²) in [7, 11) is 8.73. The Labute approximate surface area is 298 Å². The van der Waals surface area contributed by atoms with E-state index in [1.807, 2.05) is 54.6 Å². The van der Waals surface area contributed by atoms with Crippen LogP contribution in [0.2, 0.25) is 0 Å². The van der Waals surface area contributed by atoms with Crippen LogP contribution in [0.3, 0.4) is 0 Å². The fourth-order valence-corrected chi connectivity index (χ4v) is 6.43. The molecule has 10 nitrogen and oxygen atoms in total. The van der Waals surface area contributed by atoms with Gasteiger partial charge in [-0.1, -0.05) is 36.4 Å². The quantitative estimate of drug-likeness (QED) is 0.341. The van der Waals surface area contributed by atoms with Gasteiger partial charge in [-0.3, -0.25) is 9.80 Å². The second-order valence-corrected chi connectivity index (χ2v) is 13.8. The van der Waals surface area contributed by atoms with E-state index >= 15 is 0 Å². The molecule has 10 heteroatoms. The van der Waals surface area contributed by atoms with Crippen LogP contribution in [0, 0.1) is 22.7 Å². The SMILES string of the molecule is CN1CCN(C)CCN(Cc2cc(/C=C/C=C/C3=CC(=C(C#N)C#N)c4ccccc4O3)cc(CN3CCN(C)CCN(C)CC3)c2O)CC1. The third-order valence-corrected chi connectivity index (χ3v) is 9.84. The summed E-state index contributed by atoms with van der Waals surface area (Å²) < 4.78 is 6.09. The molecule has 0 unspecified atom stereocenters. The molecule has 0 aromatic heterocycles. The van der Waals surface area contributed by atoms with Gasteiger partial charge in [0, 0.05) is 114 Å². The van der Waals surface area contributed by atoms with Crippen LogP contribution in [0.5, 0.6) is 11.5 Å². The van der Waals surface area contributed by atoms with Crippen molar-refractivity contribution in [1.82, 2.24) is 29.4 Å². The Morgan fingerprint density at radius 2 is 1.16 bits per heavy atom. The van der Waals surface area contributed by atoms with Gasteiger partial charge >= 0.3 is 0 Å². The Hall–Kier alpha value is -4.26. The van der Waals surface area contributed by atoms with Gasteiger partial charge in [0.2, 0.25) is 0 Å². The first-order valence-corrected chi connectivity index (χ1v) is 17.6. The van der Waals surface area contributed by atoms with Crippen LogP contribution in [0.1, 0.15) is 22.3 Å². The largest absolute Gasteiger partial charge is 0.507 e. The second kappa shape index (κ2) is 18.1. The predicted molar refractivity (Wildman–Crippen MR) is 200 cm³/mol. The van der Waals surface area contributed by atoms with Gasteiger partial charge in [-0.05, 0) is 64.1 Å². The smallest absolute Gasteiger partial charge is 0.137 e. The molecule has 0 radical (unpaired) electrons. The molecule has 264 valence electrons. The van der Waals surface area contributed by atoms with Crippen molar-refractivity contribution in [3.8, 4) is 23.6 Å². The van der Waals surface area contributed by atoms with Crippen molar-refractivity contribution in [2.45, 2.75) is 13.1 Å². The van der Waals surface area contributed by atoms with Crippen LogP contribution in [0.4, 0.5) is 0 Å². The Balaban J connectivity index is 1.41. The zero-order chi connectivity index (χ0) is 35.5.